The Morgan fingerprint density at radius 2 is 1.75 bits per heavy atom. The predicted octanol–water partition coefficient (Wildman–Crippen LogP) is 0.169. The molecule has 0 radical (unpaired) electrons. The van der Waals surface area contributed by atoms with Crippen LogP contribution in [0.1, 0.15) is 0 Å². The van der Waals surface area contributed by atoms with Crippen molar-refractivity contribution in [3.8, 4) is 5.95 Å². The van der Waals surface area contributed by atoms with Crippen molar-refractivity contribution in [1.82, 2.24) is 50.3 Å². The van der Waals surface area contributed by atoms with Gasteiger partial charge in [0.1, 0.15) is 0 Å². The molecule has 0 aliphatic heterocycles. The molecule has 20 heteroatoms. The third kappa shape index (κ3) is 5.56. The van der Waals surface area contributed by atoms with Crippen molar-refractivity contribution in [2.24, 2.45) is 10.2 Å². The zero-order valence-corrected chi connectivity index (χ0v) is 14.9. The molecule has 0 saturated heterocycles. The molecule has 0 aromatic carbocycles. The van der Waals surface area contributed by atoms with E-state index in [-0.39, 0.29) is 35.7 Å². The molecule has 3 rings (SSSR count). The molecular formula is C8H10N18OS. The largest absolute Gasteiger partial charge is 0.368 e. The molecular weight excluding hydrogens is 396 g/mol. The quantitative estimate of drug-likeness (QED) is 0.291. The minimum Gasteiger partial charge on any atom is -0.368 e. The highest BCUT2D eigenvalue weighted by atomic mass is 32.2. The zero-order chi connectivity index (χ0) is 20.5. The topological polar surface area (TPSA) is 276 Å². The summed E-state index contributed by atoms with van der Waals surface area (Å²) in [5, 5.41) is 33.7. The summed E-state index contributed by atoms with van der Waals surface area (Å²) in [6, 6.07) is 0. The third-order valence-corrected chi connectivity index (χ3v) is 2.25. The highest BCUT2D eigenvalue weighted by molar-refractivity contribution is 7.83. The normalized spacial score (nSPS) is 9.68. The summed E-state index contributed by atoms with van der Waals surface area (Å²) in [6.45, 7) is 0. The maximum Gasteiger partial charge on any atom is 0.292 e. The Kier molecular flexibility index (Phi) is 6.64. The molecule has 0 aliphatic carbocycles. The number of aromatic amines is 1. The average Bonchev–Trinajstić information content (AvgIpc) is 3.22. The molecule has 4 N–H and O–H groups in total. The fraction of sp³-hybridized carbons (Fsp3) is 0.250. The van der Waals surface area contributed by atoms with Crippen molar-refractivity contribution in [1.29, 1.82) is 0 Å². The summed E-state index contributed by atoms with van der Waals surface area (Å²) in [5.41, 5.74) is 22.2. The standard InChI is InChI=1S/C6H4N18.C2H6OS/c7-1-10-5(18-23-9)21-24(1)6-19-15-3(16-20-6)11-2-12-4(14-13-2)17-22-8;1-4(2)3/h(H2,7,10,21)(H2,11,12,13,14,15,16);1-2H3. The van der Waals surface area contributed by atoms with Gasteiger partial charge in [-0.1, -0.05) is 0 Å². The highest BCUT2D eigenvalue weighted by Crippen LogP contribution is 2.13. The van der Waals surface area contributed by atoms with E-state index in [4.69, 9.17) is 16.8 Å². The molecule has 0 atom stereocenters. The van der Waals surface area contributed by atoms with E-state index in [9.17, 15) is 4.21 Å². The number of azide groups is 2. The first-order chi connectivity index (χ1) is 13.4. The number of nitrogens with zero attached hydrogens (tertiary/aromatic N) is 15. The van der Waals surface area contributed by atoms with Crippen molar-refractivity contribution < 1.29 is 4.21 Å². The van der Waals surface area contributed by atoms with Crippen LogP contribution in [-0.4, -0.2) is 67.1 Å². The second-order valence-corrected chi connectivity index (χ2v) is 5.92. The fourth-order valence-electron chi connectivity index (χ4n) is 1.40. The van der Waals surface area contributed by atoms with E-state index in [1.807, 2.05) is 0 Å². The van der Waals surface area contributed by atoms with Crippen LogP contribution in [0.15, 0.2) is 10.2 Å². The molecule has 3 heterocycles. The summed E-state index contributed by atoms with van der Waals surface area (Å²) in [5.74, 6) is -0.464. The third-order valence-electron chi connectivity index (χ3n) is 2.25. The molecule has 19 nitrogen and oxygen atoms in total. The van der Waals surface area contributed by atoms with E-state index in [2.05, 4.69) is 71.0 Å². The number of nitrogens with one attached hydrogen (secondary N) is 2. The van der Waals surface area contributed by atoms with Gasteiger partial charge in [0.05, 0.1) is 0 Å². The van der Waals surface area contributed by atoms with Crippen LogP contribution in [-0.2, 0) is 10.8 Å². The van der Waals surface area contributed by atoms with Crippen LogP contribution in [0.25, 0.3) is 26.8 Å². The monoisotopic (exact) mass is 406 g/mol. The maximum atomic E-state index is 9.56. The molecule has 0 bridgehead atoms. The van der Waals surface area contributed by atoms with Gasteiger partial charge in [0.15, 0.2) is 0 Å². The fourth-order valence-corrected chi connectivity index (χ4v) is 1.40. The van der Waals surface area contributed by atoms with Gasteiger partial charge in [0, 0.05) is 33.1 Å². The summed E-state index contributed by atoms with van der Waals surface area (Å²) >= 11 is 0. The van der Waals surface area contributed by atoms with E-state index >= 15 is 0 Å². The number of anilines is 3. The molecule has 144 valence electrons. The number of rotatable bonds is 5. The van der Waals surface area contributed by atoms with Gasteiger partial charge in [-0.25, -0.2) is 0 Å². The van der Waals surface area contributed by atoms with Gasteiger partial charge in [-0.2, -0.15) is 14.6 Å². The van der Waals surface area contributed by atoms with Crippen molar-refractivity contribution in [3.63, 3.8) is 0 Å². The van der Waals surface area contributed by atoms with Gasteiger partial charge < -0.3 is 5.73 Å². The predicted molar refractivity (Wildman–Crippen MR) is 94.2 cm³/mol. The number of hydrogen-bond acceptors (Lipinski definition) is 13. The number of H-pyrrole nitrogens is 1. The van der Waals surface area contributed by atoms with Gasteiger partial charge in [-0.05, 0) is 21.3 Å². The summed E-state index contributed by atoms with van der Waals surface area (Å²) in [4.78, 5) is 12.5. The van der Waals surface area contributed by atoms with Crippen LogP contribution in [0.2, 0.25) is 0 Å². The summed E-state index contributed by atoms with van der Waals surface area (Å²) < 4.78 is 10.5. The van der Waals surface area contributed by atoms with Gasteiger partial charge in [-0.15, -0.1) is 30.6 Å². The minimum atomic E-state index is -0.611. The van der Waals surface area contributed by atoms with Gasteiger partial charge in [0.25, 0.3) is 11.9 Å². The molecule has 0 saturated carbocycles. The lowest BCUT2D eigenvalue weighted by Gasteiger charge is -2.00. The SMILES string of the molecule is CS(C)=O.[N-]=[N+]=Nc1nc(N)n(-c2nnc(Nc3n[nH]c(N=[N+]=[N-])n3)nn2)n1. The van der Waals surface area contributed by atoms with Crippen LogP contribution in [0.3, 0.4) is 0 Å². The zero-order valence-electron chi connectivity index (χ0n) is 14.1. The Balaban J connectivity index is 0.000000640. The Hall–Kier alpha value is -4.41. The highest BCUT2D eigenvalue weighted by Gasteiger charge is 2.12. The lowest BCUT2D eigenvalue weighted by molar-refractivity contribution is 0.690. The van der Waals surface area contributed by atoms with Crippen LogP contribution < -0.4 is 11.1 Å². The van der Waals surface area contributed by atoms with Crippen LogP contribution >= 0.6 is 0 Å². The second kappa shape index (κ2) is 9.33. The molecule has 3 aromatic rings. The van der Waals surface area contributed by atoms with Crippen LogP contribution in [0, 0.1) is 0 Å². The molecule has 3 aromatic heterocycles. The van der Waals surface area contributed by atoms with Crippen molar-refractivity contribution >= 4 is 40.5 Å². The minimum absolute atomic E-state index is 0.0414. The van der Waals surface area contributed by atoms with E-state index in [1.54, 1.807) is 12.5 Å². The maximum absolute atomic E-state index is 9.56. The number of hydrogen-bond donors (Lipinski definition) is 3. The number of aromatic nitrogens is 10. The van der Waals surface area contributed by atoms with E-state index in [0.29, 0.717) is 0 Å². The van der Waals surface area contributed by atoms with Gasteiger partial charge >= 0.3 is 0 Å². The Morgan fingerprint density at radius 1 is 1.11 bits per heavy atom. The Bertz CT molecular complexity index is 1050. The number of nitrogen functional groups attached to an aromatic ring is 1. The average molecular weight is 406 g/mol. The van der Waals surface area contributed by atoms with Crippen molar-refractivity contribution in [2.45, 2.75) is 0 Å². The van der Waals surface area contributed by atoms with Crippen LogP contribution in [0.4, 0.5) is 29.7 Å². The lowest BCUT2D eigenvalue weighted by atomic mass is 10.9. The summed E-state index contributed by atoms with van der Waals surface area (Å²) in [7, 11) is -0.611. The van der Waals surface area contributed by atoms with Gasteiger partial charge in [-0.3, -0.25) is 14.6 Å². The van der Waals surface area contributed by atoms with Crippen molar-refractivity contribution in [2.75, 3.05) is 23.6 Å². The number of nitrogens with two attached hydrogens (primary N) is 1. The second-order valence-electron chi connectivity index (χ2n) is 4.43. The Morgan fingerprint density at radius 3 is 2.36 bits per heavy atom. The first-order valence-corrected chi connectivity index (χ1v) is 8.74. The molecule has 0 fully saturated rings. The Labute approximate surface area is 156 Å². The molecule has 0 amide bonds. The first-order valence-electron chi connectivity index (χ1n) is 6.78. The summed E-state index contributed by atoms with van der Waals surface area (Å²) in [6.07, 6.45) is 3.28. The van der Waals surface area contributed by atoms with Crippen LogP contribution in [0.5, 0.6) is 0 Å². The molecule has 0 unspecified atom stereocenters. The van der Waals surface area contributed by atoms with E-state index in [0.717, 1.165) is 4.68 Å². The molecule has 0 spiro atoms. The van der Waals surface area contributed by atoms with E-state index in [1.165, 1.54) is 0 Å². The molecule has 28 heavy (non-hydrogen) atoms. The van der Waals surface area contributed by atoms with Crippen molar-refractivity contribution in [3.05, 3.63) is 20.9 Å². The van der Waals surface area contributed by atoms with Gasteiger partial charge in [0.2, 0.25) is 23.8 Å². The first kappa shape index (κ1) is 19.9. The lowest BCUT2D eigenvalue weighted by Crippen LogP contribution is -2.11. The molecule has 0 aliphatic rings. The van der Waals surface area contributed by atoms with E-state index < -0.39 is 10.8 Å². The smallest absolute Gasteiger partial charge is 0.292 e.